The smallest absolute Gasteiger partial charge is 0.251 e. The average molecular weight is 329 g/mol. The van der Waals surface area contributed by atoms with Crippen LogP contribution in [0.25, 0.3) is 0 Å². The van der Waals surface area contributed by atoms with Crippen molar-refractivity contribution in [2.45, 2.75) is 25.4 Å². The van der Waals surface area contributed by atoms with Gasteiger partial charge < -0.3 is 15.2 Å². The molecule has 2 N–H and O–H groups in total. The van der Waals surface area contributed by atoms with Gasteiger partial charge in [0.05, 0.1) is 6.04 Å². The molecule has 2 atom stereocenters. The van der Waals surface area contributed by atoms with Gasteiger partial charge in [-0.2, -0.15) is 4.98 Å². The molecule has 0 bridgehead atoms. The van der Waals surface area contributed by atoms with E-state index < -0.39 is 0 Å². The number of nitrogens with zero attached hydrogens (tertiary/aromatic N) is 3. The van der Waals surface area contributed by atoms with E-state index in [1.54, 1.807) is 12.1 Å². The van der Waals surface area contributed by atoms with Gasteiger partial charge in [-0.25, -0.2) is 0 Å². The topological polar surface area (TPSA) is 83.3 Å². The molecule has 1 aliphatic heterocycles. The van der Waals surface area contributed by atoms with Gasteiger partial charge in [0.15, 0.2) is 5.82 Å². The predicted molar refractivity (Wildman–Crippen MR) is 89.6 cm³/mol. The Hall–Kier alpha value is -2.25. The van der Waals surface area contributed by atoms with Crippen molar-refractivity contribution in [3.8, 4) is 0 Å². The van der Waals surface area contributed by atoms with Crippen molar-refractivity contribution < 1.29 is 9.32 Å². The zero-order chi connectivity index (χ0) is 16.9. The van der Waals surface area contributed by atoms with E-state index in [2.05, 4.69) is 32.7 Å². The minimum Gasteiger partial charge on any atom is -0.349 e. The Bertz CT molecular complexity index is 673. The van der Waals surface area contributed by atoms with Gasteiger partial charge in [0.2, 0.25) is 5.89 Å². The minimum absolute atomic E-state index is 0.0896. The summed E-state index contributed by atoms with van der Waals surface area (Å²) in [6.07, 6.45) is 0.509. The maximum Gasteiger partial charge on any atom is 0.251 e. The van der Waals surface area contributed by atoms with E-state index in [1.165, 1.54) is 0 Å². The number of carbonyl (C=O) groups is 1. The van der Waals surface area contributed by atoms with Crippen molar-refractivity contribution >= 4 is 5.91 Å². The van der Waals surface area contributed by atoms with E-state index in [1.807, 2.05) is 25.1 Å². The summed E-state index contributed by atoms with van der Waals surface area (Å²) in [5.41, 5.74) is 0.644. The van der Waals surface area contributed by atoms with Gasteiger partial charge in [-0.1, -0.05) is 23.4 Å². The van der Waals surface area contributed by atoms with Crippen LogP contribution in [-0.2, 0) is 6.42 Å². The fourth-order valence-corrected chi connectivity index (χ4v) is 2.79. The third-order valence-corrected chi connectivity index (χ3v) is 4.19. The highest BCUT2D eigenvalue weighted by Crippen LogP contribution is 2.17. The molecular weight excluding hydrogens is 306 g/mol. The molecule has 128 valence electrons. The van der Waals surface area contributed by atoms with Crippen LogP contribution in [0.2, 0.25) is 0 Å². The van der Waals surface area contributed by atoms with Crippen molar-refractivity contribution in [1.82, 2.24) is 25.7 Å². The maximum atomic E-state index is 12.1. The molecule has 7 nitrogen and oxygen atoms in total. The Balaban J connectivity index is 1.57. The number of amides is 1. The largest absolute Gasteiger partial charge is 0.349 e. The van der Waals surface area contributed by atoms with Crippen LogP contribution in [0, 0.1) is 0 Å². The molecule has 1 saturated heterocycles. The predicted octanol–water partition coefficient (Wildman–Crippen LogP) is 1.01. The fraction of sp³-hybridized carbons (Fsp3) is 0.471. The van der Waals surface area contributed by atoms with Gasteiger partial charge in [-0.05, 0) is 26.1 Å². The van der Waals surface area contributed by atoms with Crippen LogP contribution in [0.4, 0.5) is 0 Å². The molecule has 2 aromatic rings. The first-order valence-electron chi connectivity index (χ1n) is 8.23. The van der Waals surface area contributed by atoms with E-state index in [0.717, 1.165) is 19.6 Å². The third kappa shape index (κ3) is 3.98. The van der Waals surface area contributed by atoms with Gasteiger partial charge in [-0.15, -0.1) is 0 Å². The molecule has 2 heterocycles. The van der Waals surface area contributed by atoms with Crippen LogP contribution < -0.4 is 10.6 Å². The highest BCUT2D eigenvalue weighted by molar-refractivity contribution is 5.94. The standard InChI is InChI=1S/C17H23N5O2/c1-12(19-17(23)13-6-4-3-5-7-13)10-15-20-16(21-24-15)14-11-18-8-9-22(14)2/h3-7,12,14,18H,8-11H2,1-2H3,(H,19,23). The van der Waals surface area contributed by atoms with Crippen molar-refractivity contribution in [1.29, 1.82) is 0 Å². The van der Waals surface area contributed by atoms with Gasteiger partial charge in [0.25, 0.3) is 5.91 Å². The minimum atomic E-state index is -0.0981. The van der Waals surface area contributed by atoms with E-state index in [4.69, 9.17) is 4.52 Å². The number of benzene rings is 1. The normalized spacial score (nSPS) is 19.8. The van der Waals surface area contributed by atoms with Crippen LogP contribution in [0.1, 0.15) is 35.0 Å². The molecule has 24 heavy (non-hydrogen) atoms. The molecule has 0 saturated carbocycles. The summed E-state index contributed by atoms with van der Waals surface area (Å²) in [4.78, 5) is 18.9. The highest BCUT2D eigenvalue weighted by atomic mass is 16.5. The van der Waals surface area contributed by atoms with E-state index in [0.29, 0.717) is 23.7 Å². The van der Waals surface area contributed by atoms with Crippen LogP contribution in [0.3, 0.4) is 0 Å². The molecule has 0 spiro atoms. The Morgan fingerprint density at radius 1 is 1.46 bits per heavy atom. The zero-order valence-corrected chi connectivity index (χ0v) is 14.0. The summed E-state index contributed by atoms with van der Waals surface area (Å²) in [6, 6.07) is 9.20. The summed E-state index contributed by atoms with van der Waals surface area (Å²) in [6.45, 7) is 4.67. The SMILES string of the molecule is CC(Cc1nc(C2CNCCN2C)no1)NC(=O)c1ccccc1. The summed E-state index contributed by atoms with van der Waals surface area (Å²) < 4.78 is 5.36. The molecule has 1 aliphatic rings. The van der Waals surface area contributed by atoms with Crippen molar-refractivity contribution in [2.24, 2.45) is 0 Å². The summed E-state index contributed by atoms with van der Waals surface area (Å²) in [5, 5.41) is 10.4. The van der Waals surface area contributed by atoms with Crippen LogP contribution in [0.5, 0.6) is 0 Å². The third-order valence-electron chi connectivity index (χ3n) is 4.19. The van der Waals surface area contributed by atoms with Crippen LogP contribution in [0.15, 0.2) is 34.9 Å². The zero-order valence-electron chi connectivity index (χ0n) is 14.0. The number of likely N-dealkylation sites (N-methyl/N-ethyl adjacent to an activating group) is 1. The van der Waals surface area contributed by atoms with Gasteiger partial charge >= 0.3 is 0 Å². The molecule has 3 rings (SSSR count). The second-order valence-corrected chi connectivity index (χ2v) is 6.19. The highest BCUT2D eigenvalue weighted by Gasteiger charge is 2.25. The average Bonchev–Trinajstić information content (AvgIpc) is 3.04. The lowest BCUT2D eigenvalue weighted by molar-refractivity contribution is 0.0938. The molecule has 2 unspecified atom stereocenters. The van der Waals surface area contributed by atoms with E-state index in [9.17, 15) is 4.79 Å². The molecular formula is C17H23N5O2. The molecule has 1 amide bonds. The van der Waals surface area contributed by atoms with Crippen LogP contribution in [-0.4, -0.2) is 53.7 Å². The van der Waals surface area contributed by atoms with E-state index in [-0.39, 0.29) is 18.0 Å². The molecule has 7 heteroatoms. The maximum absolute atomic E-state index is 12.1. The summed E-state index contributed by atoms with van der Waals surface area (Å²) in [7, 11) is 2.06. The van der Waals surface area contributed by atoms with Crippen molar-refractivity contribution in [3.05, 3.63) is 47.6 Å². The fourth-order valence-electron chi connectivity index (χ4n) is 2.79. The first kappa shape index (κ1) is 16.6. The number of piperazine rings is 1. The molecule has 1 aromatic heterocycles. The number of rotatable bonds is 5. The lowest BCUT2D eigenvalue weighted by atomic mass is 10.1. The Kier molecular flexibility index (Phi) is 5.22. The second kappa shape index (κ2) is 7.55. The Morgan fingerprint density at radius 2 is 2.25 bits per heavy atom. The van der Waals surface area contributed by atoms with Gasteiger partial charge in [0, 0.05) is 37.7 Å². The van der Waals surface area contributed by atoms with Gasteiger partial charge in [-0.3, -0.25) is 9.69 Å². The number of aromatic nitrogens is 2. The van der Waals surface area contributed by atoms with Crippen molar-refractivity contribution in [2.75, 3.05) is 26.7 Å². The quantitative estimate of drug-likeness (QED) is 0.852. The molecule has 1 fully saturated rings. The van der Waals surface area contributed by atoms with Gasteiger partial charge in [0.1, 0.15) is 0 Å². The Labute approximate surface area is 141 Å². The molecule has 0 radical (unpaired) electrons. The lowest BCUT2D eigenvalue weighted by Gasteiger charge is -2.30. The number of hydrogen-bond donors (Lipinski definition) is 2. The Morgan fingerprint density at radius 3 is 3.00 bits per heavy atom. The van der Waals surface area contributed by atoms with E-state index >= 15 is 0 Å². The summed E-state index contributed by atoms with van der Waals surface area (Å²) in [5.74, 6) is 1.14. The molecule has 0 aliphatic carbocycles. The van der Waals surface area contributed by atoms with Crippen molar-refractivity contribution in [3.63, 3.8) is 0 Å². The van der Waals surface area contributed by atoms with Crippen LogP contribution >= 0.6 is 0 Å². The first-order chi connectivity index (χ1) is 11.6. The number of carbonyl (C=O) groups excluding carboxylic acids is 1. The number of nitrogens with one attached hydrogen (secondary N) is 2. The second-order valence-electron chi connectivity index (χ2n) is 6.19. The summed E-state index contributed by atoms with van der Waals surface area (Å²) >= 11 is 0. The lowest BCUT2D eigenvalue weighted by Crippen LogP contribution is -2.44. The first-order valence-corrected chi connectivity index (χ1v) is 8.23. The number of hydrogen-bond acceptors (Lipinski definition) is 6. The monoisotopic (exact) mass is 329 g/mol. The molecule has 1 aromatic carbocycles.